The molecule has 1 amide bonds. The minimum Gasteiger partial charge on any atom is -0.491 e. The number of hydrogen-bond acceptors (Lipinski definition) is 4. The first-order valence-corrected chi connectivity index (χ1v) is 10.9. The lowest BCUT2D eigenvalue weighted by Crippen LogP contribution is -2.50. The molecule has 1 N–H and O–H groups in total. The molecule has 0 aromatic heterocycles. The van der Waals surface area contributed by atoms with E-state index in [4.69, 9.17) is 4.74 Å². The number of rotatable bonds is 7. The Kier molecular flexibility index (Phi) is 7.70. The number of carbonyl (C=O) groups is 1. The summed E-state index contributed by atoms with van der Waals surface area (Å²) in [7, 11) is 0. The molecule has 2 aromatic carbocycles. The van der Waals surface area contributed by atoms with Crippen molar-refractivity contribution in [3.8, 4) is 5.75 Å². The largest absolute Gasteiger partial charge is 0.491 e. The van der Waals surface area contributed by atoms with E-state index in [-0.39, 0.29) is 12.5 Å². The molecule has 6 heteroatoms. The Morgan fingerprint density at radius 2 is 1.79 bits per heavy atom. The van der Waals surface area contributed by atoms with Gasteiger partial charge >= 0.3 is 0 Å². The van der Waals surface area contributed by atoms with Crippen LogP contribution in [0.15, 0.2) is 53.0 Å². The van der Waals surface area contributed by atoms with Gasteiger partial charge in [0.25, 0.3) is 5.91 Å². The van der Waals surface area contributed by atoms with E-state index in [1.807, 2.05) is 53.4 Å². The Balaban J connectivity index is 1.43. The van der Waals surface area contributed by atoms with E-state index >= 15 is 0 Å². The van der Waals surface area contributed by atoms with Crippen LogP contribution in [-0.4, -0.2) is 66.2 Å². The Morgan fingerprint density at radius 3 is 2.41 bits per heavy atom. The van der Waals surface area contributed by atoms with E-state index in [0.717, 1.165) is 28.9 Å². The summed E-state index contributed by atoms with van der Waals surface area (Å²) in [6.07, 6.45) is -0.570. The van der Waals surface area contributed by atoms with Gasteiger partial charge in [-0.15, -0.1) is 0 Å². The van der Waals surface area contributed by atoms with Crippen LogP contribution < -0.4 is 4.74 Å². The number of benzene rings is 2. The topological polar surface area (TPSA) is 53.0 Å². The van der Waals surface area contributed by atoms with Crippen molar-refractivity contribution in [2.45, 2.75) is 25.9 Å². The molecule has 29 heavy (non-hydrogen) atoms. The van der Waals surface area contributed by atoms with Gasteiger partial charge in [0.2, 0.25) is 0 Å². The van der Waals surface area contributed by atoms with Crippen LogP contribution in [0.1, 0.15) is 35.7 Å². The summed E-state index contributed by atoms with van der Waals surface area (Å²) >= 11 is 3.41. The molecule has 0 aliphatic carbocycles. The van der Waals surface area contributed by atoms with Crippen LogP contribution in [0.25, 0.3) is 0 Å². The van der Waals surface area contributed by atoms with Crippen molar-refractivity contribution < 1.29 is 14.6 Å². The number of aliphatic hydroxyl groups is 1. The zero-order chi connectivity index (χ0) is 20.8. The maximum absolute atomic E-state index is 12.7. The molecule has 156 valence electrons. The molecular formula is C23H29BrN2O3. The van der Waals surface area contributed by atoms with E-state index in [1.54, 1.807) is 0 Å². The van der Waals surface area contributed by atoms with E-state index in [0.29, 0.717) is 25.6 Å². The predicted octanol–water partition coefficient (Wildman–Crippen LogP) is 3.77. The minimum absolute atomic E-state index is 0.0819. The number of amides is 1. The van der Waals surface area contributed by atoms with Crippen molar-refractivity contribution in [2.75, 3.05) is 39.3 Å². The van der Waals surface area contributed by atoms with Crippen LogP contribution in [0.3, 0.4) is 0 Å². The molecule has 1 aliphatic heterocycles. The molecule has 1 aliphatic rings. The number of piperazine rings is 1. The maximum Gasteiger partial charge on any atom is 0.253 e. The minimum atomic E-state index is -0.570. The lowest BCUT2D eigenvalue weighted by Gasteiger charge is -2.35. The average Bonchev–Trinajstić information content (AvgIpc) is 2.72. The summed E-state index contributed by atoms with van der Waals surface area (Å²) in [5.74, 6) is 1.28. The van der Waals surface area contributed by atoms with Crippen LogP contribution in [0.4, 0.5) is 0 Å². The number of aliphatic hydroxyl groups excluding tert-OH is 1. The lowest BCUT2D eigenvalue weighted by molar-refractivity contribution is 0.0403. The van der Waals surface area contributed by atoms with Crippen LogP contribution in [0.5, 0.6) is 5.75 Å². The maximum atomic E-state index is 12.7. The number of nitrogens with zero attached hydrogens (tertiary/aromatic N) is 2. The third-order valence-corrected chi connectivity index (χ3v) is 5.68. The average molecular weight is 461 g/mol. The highest BCUT2D eigenvalue weighted by Crippen LogP contribution is 2.18. The Hall–Kier alpha value is -1.89. The summed E-state index contributed by atoms with van der Waals surface area (Å²) in [5, 5.41) is 10.3. The van der Waals surface area contributed by atoms with Crippen LogP contribution >= 0.6 is 15.9 Å². The fourth-order valence-electron chi connectivity index (χ4n) is 3.43. The Morgan fingerprint density at radius 1 is 1.10 bits per heavy atom. The van der Waals surface area contributed by atoms with Gasteiger partial charge in [0.15, 0.2) is 0 Å². The number of carbonyl (C=O) groups excluding carboxylic acids is 1. The van der Waals surface area contributed by atoms with Gasteiger partial charge in [-0.1, -0.05) is 48.0 Å². The molecule has 5 nitrogen and oxygen atoms in total. The van der Waals surface area contributed by atoms with Crippen molar-refractivity contribution in [1.29, 1.82) is 0 Å². The van der Waals surface area contributed by atoms with Crippen molar-refractivity contribution in [1.82, 2.24) is 9.80 Å². The molecule has 2 aromatic rings. The molecule has 1 heterocycles. The molecular weight excluding hydrogens is 432 g/mol. The van der Waals surface area contributed by atoms with Crippen LogP contribution in [0, 0.1) is 0 Å². The van der Waals surface area contributed by atoms with E-state index < -0.39 is 6.10 Å². The number of β-amino-alcohol motifs (C(OH)–C–C–N with tert-alkyl or cyclic N) is 1. The second-order valence-corrected chi connectivity index (χ2v) is 8.71. The number of ether oxygens (including phenoxy) is 1. The highest BCUT2D eigenvalue weighted by Gasteiger charge is 2.23. The van der Waals surface area contributed by atoms with Crippen molar-refractivity contribution >= 4 is 21.8 Å². The van der Waals surface area contributed by atoms with Gasteiger partial charge in [0.1, 0.15) is 18.5 Å². The summed E-state index contributed by atoms with van der Waals surface area (Å²) in [6, 6.07) is 15.5. The predicted molar refractivity (Wildman–Crippen MR) is 119 cm³/mol. The van der Waals surface area contributed by atoms with Crippen molar-refractivity contribution in [3.05, 3.63) is 64.1 Å². The molecule has 0 spiro atoms. The van der Waals surface area contributed by atoms with E-state index in [2.05, 4.69) is 34.7 Å². The zero-order valence-corrected chi connectivity index (χ0v) is 18.6. The molecule has 1 atom stereocenters. The first kappa shape index (κ1) is 21.8. The van der Waals surface area contributed by atoms with Gasteiger partial charge in [-0.25, -0.2) is 0 Å². The third kappa shape index (κ3) is 6.29. The smallest absolute Gasteiger partial charge is 0.253 e. The molecule has 1 unspecified atom stereocenters. The highest BCUT2D eigenvalue weighted by molar-refractivity contribution is 9.10. The third-order valence-electron chi connectivity index (χ3n) is 5.19. The first-order valence-electron chi connectivity index (χ1n) is 10.1. The Labute approximate surface area is 181 Å². The highest BCUT2D eigenvalue weighted by atomic mass is 79.9. The molecule has 0 radical (unpaired) electrons. The SMILES string of the molecule is CC(C)c1ccc(C(=O)N2CCN(CC(O)COc3cccc(Br)c3)CC2)cc1. The van der Waals surface area contributed by atoms with Gasteiger partial charge in [0, 0.05) is 42.8 Å². The second-order valence-electron chi connectivity index (χ2n) is 7.79. The number of hydrogen-bond donors (Lipinski definition) is 1. The summed E-state index contributed by atoms with van der Waals surface area (Å²) in [6.45, 7) is 7.93. The van der Waals surface area contributed by atoms with Crippen LogP contribution in [0.2, 0.25) is 0 Å². The van der Waals surface area contributed by atoms with E-state index in [9.17, 15) is 9.90 Å². The molecule has 1 fully saturated rings. The quantitative estimate of drug-likeness (QED) is 0.682. The molecule has 0 saturated carbocycles. The van der Waals surface area contributed by atoms with Crippen molar-refractivity contribution in [2.24, 2.45) is 0 Å². The van der Waals surface area contributed by atoms with Gasteiger partial charge in [-0.05, 0) is 41.8 Å². The molecule has 0 bridgehead atoms. The van der Waals surface area contributed by atoms with E-state index in [1.165, 1.54) is 5.56 Å². The summed E-state index contributed by atoms with van der Waals surface area (Å²) < 4.78 is 6.61. The van der Waals surface area contributed by atoms with Gasteiger partial charge < -0.3 is 14.7 Å². The van der Waals surface area contributed by atoms with Crippen molar-refractivity contribution in [3.63, 3.8) is 0 Å². The second kappa shape index (κ2) is 10.2. The van der Waals surface area contributed by atoms with Gasteiger partial charge in [0.05, 0.1) is 0 Å². The molecule has 3 rings (SSSR count). The summed E-state index contributed by atoms with van der Waals surface area (Å²) in [4.78, 5) is 16.8. The lowest BCUT2D eigenvalue weighted by atomic mass is 10.0. The Bertz CT molecular complexity index is 802. The number of halogens is 1. The fraction of sp³-hybridized carbons (Fsp3) is 0.435. The normalized spacial score (nSPS) is 16.1. The summed E-state index contributed by atoms with van der Waals surface area (Å²) in [5.41, 5.74) is 1.98. The first-order chi connectivity index (χ1) is 13.9. The monoisotopic (exact) mass is 460 g/mol. The van der Waals surface area contributed by atoms with Crippen LogP contribution in [-0.2, 0) is 0 Å². The standard InChI is InChI=1S/C23H29BrN2O3/c1-17(2)18-6-8-19(9-7-18)23(28)26-12-10-25(11-13-26)15-21(27)16-29-22-5-3-4-20(24)14-22/h3-9,14,17,21,27H,10-13,15-16H2,1-2H3. The molecule has 1 saturated heterocycles. The van der Waals surface area contributed by atoms with Gasteiger partial charge in [-0.3, -0.25) is 9.69 Å². The van der Waals surface area contributed by atoms with Gasteiger partial charge in [-0.2, -0.15) is 0 Å². The zero-order valence-electron chi connectivity index (χ0n) is 17.1. The fourth-order valence-corrected chi connectivity index (χ4v) is 3.80.